The topological polar surface area (TPSA) is 114 Å². The quantitative estimate of drug-likeness (QED) is 0.0780. The van der Waals surface area contributed by atoms with Gasteiger partial charge in [0.05, 0.1) is 33.0 Å². The first-order valence-corrected chi connectivity index (χ1v) is 13.3. The third-order valence-corrected chi connectivity index (χ3v) is 5.37. The molecule has 0 radical (unpaired) electrons. The van der Waals surface area contributed by atoms with Gasteiger partial charge in [-0.1, -0.05) is 45.4 Å². The lowest BCUT2D eigenvalue weighted by atomic mass is 10.1. The van der Waals surface area contributed by atoms with E-state index in [0.717, 1.165) is 19.3 Å². The summed E-state index contributed by atoms with van der Waals surface area (Å²) in [7, 11) is 0. The van der Waals surface area contributed by atoms with Crippen molar-refractivity contribution in [1.82, 2.24) is 0 Å². The molecule has 1 rings (SSSR count). The third-order valence-electron chi connectivity index (χ3n) is 5.37. The number of esters is 2. The second-order valence-corrected chi connectivity index (χ2v) is 8.64. The van der Waals surface area contributed by atoms with Crippen LogP contribution in [0.15, 0.2) is 18.2 Å². The van der Waals surface area contributed by atoms with Gasteiger partial charge in [0.2, 0.25) is 0 Å². The molecule has 0 aliphatic heterocycles. The van der Waals surface area contributed by atoms with Crippen LogP contribution in [-0.4, -0.2) is 57.7 Å². The molecule has 0 fully saturated rings. The van der Waals surface area contributed by atoms with Gasteiger partial charge in [0.1, 0.15) is 17.8 Å². The number of carbonyl (C=O) groups is 4. The predicted molar refractivity (Wildman–Crippen MR) is 138 cm³/mol. The molecule has 0 aliphatic carbocycles. The fourth-order valence-electron chi connectivity index (χ4n) is 3.42. The summed E-state index contributed by atoms with van der Waals surface area (Å²) in [5.41, 5.74) is 0.408. The van der Waals surface area contributed by atoms with Crippen molar-refractivity contribution in [2.45, 2.75) is 84.0 Å². The summed E-state index contributed by atoms with van der Waals surface area (Å²) < 4.78 is 26.2. The Labute approximate surface area is 220 Å². The minimum absolute atomic E-state index is 0.186. The highest BCUT2D eigenvalue weighted by Gasteiger charge is 2.07. The van der Waals surface area contributed by atoms with Crippen LogP contribution in [-0.2, 0) is 28.6 Å². The van der Waals surface area contributed by atoms with E-state index >= 15 is 0 Å². The van der Waals surface area contributed by atoms with Crippen LogP contribution < -0.4 is 9.47 Å². The number of hydrogen-bond donors (Lipinski definition) is 0. The molecule has 0 aliphatic rings. The summed E-state index contributed by atoms with van der Waals surface area (Å²) in [6.07, 6.45) is 10.8. The summed E-state index contributed by atoms with van der Waals surface area (Å²) in [6, 6.07) is 4.85. The molecule has 0 bridgehead atoms. The lowest BCUT2D eigenvalue weighted by Crippen LogP contribution is -2.11. The first-order chi connectivity index (χ1) is 18.1. The summed E-state index contributed by atoms with van der Waals surface area (Å²) in [5.74, 6) is 0.382. The molecule has 0 N–H and O–H groups in total. The first kappa shape index (κ1) is 31.9. The van der Waals surface area contributed by atoms with Crippen LogP contribution in [0, 0.1) is 0 Å². The Bertz CT molecular complexity index is 779. The average Bonchev–Trinajstić information content (AvgIpc) is 2.90. The molecule has 9 nitrogen and oxygen atoms in total. The van der Waals surface area contributed by atoms with Crippen molar-refractivity contribution < 1.29 is 42.9 Å². The number of rotatable bonds is 24. The van der Waals surface area contributed by atoms with Gasteiger partial charge in [-0.15, -0.1) is 0 Å². The Morgan fingerprint density at radius 3 is 1.78 bits per heavy atom. The zero-order valence-electron chi connectivity index (χ0n) is 22.1. The Balaban J connectivity index is 2.10. The van der Waals surface area contributed by atoms with Crippen molar-refractivity contribution in [3.05, 3.63) is 23.8 Å². The molecule has 0 unspecified atom stereocenters. The number of ether oxygens (including phenoxy) is 5. The molecule has 208 valence electrons. The number of aldehydes is 1. The largest absolute Gasteiger partial charge is 0.493 e. The van der Waals surface area contributed by atoms with Crippen LogP contribution >= 0.6 is 0 Å². The van der Waals surface area contributed by atoms with Gasteiger partial charge in [-0.3, -0.25) is 19.2 Å². The zero-order valence-corrected chi connectivity index (χ0v) is 22.1. The lowest BCUT2D eigenvalue weighted by Gasteiger charge is -2.11. The Hall–Kier alpha value is -3.10. The van der Waals surface area contributed by atoms with E-state index in [-0.39, 0.29) is 38.2 Å². The van der Waals surface area contributed by atoms with Gasteiger partial charge in [-0.25, -0.2) is 0 Å². The Morgan fingerprint density at radius 1 is 0.649 bits per heavy atom. The van der Waals surface area contributed by atoms with Crippen molar-refractivity contribution in [2.75, 3.05) is 33.0 Å². The highest BCUT2D eigenvalue weighted by Crippen LogP contribution is 2.22. The Morgan fingerprint density at radius 2 is 1.19 bits per heavy atom. The van der Waals surface area contributed by atoms with E-state index in [2.05, 4.69) is 11.7 Å². The second-order valence-electron chi connectivity index (χ2n) is 8.64. The minimum Gasteiger partial charge on any atom is -0.493 e. The molecular formula is C28H42O9. The monoisotopic (exact) mass is 522 g/mol. The Kier molecular flexibility index (Phi) is 19.1. The van der Waals surface area contributed by atoms with E-state index in [9.17, 15) is 19.2 Å². The molecule has 37 heavy (non-hydrogen) atoms. The highest BCUT2D eigenvalue weighted by molar-refractivity contribution is 5.76. The maximum Gasteiger partial charge on any atom is 0.305 e. The lowest BCUT2D eigenvalue weighted by molar-refractivity contribution is -0.147. The first-order valence-electron chi connectivity index (χ1n) is 13.3. The van der Waals surface area contributed by atoms with Gasteiger partial charge in [0.15, 0.2) is 0 Å². The molecule has 1 aromatic rings. The molecule has 0 heterocycles. The van der Waals surface area contributed by atoms with Crippen LogP contribution in [0.1, 0.15) is 94.3 Å². The fourth-order valence-corrected chi connectivity index (χ4v) is 3.42. The molecule has 0 aromatic heterocycles. The highest BCUT2D eigenvalue weighted by atomic mass is 16.5. The third kappa shape index (κ3) is 17.9. The van der Waals surface area contributed by atoms with E-state index in [0.29, 0.717) is 68.7 Å². The SMILES string of the molecule is CCCCCCCCCC(=O)OCCCC(=O)OCCCOc1cc(C=O)cc(OCCCOC=O)c1. The maximum absolute atomic E-state index is 11.8. The molecule has 0 atom stereocenters. The van der Waals surface area contributed by atoms with Gasteiger partial charge < -0.3 is 23.7 Å². The summed E-state index contributed by atoms with van der Waals surface area (Å²) in [6.45, 7) is 3.86. The van der Waals surface area contributed by atoms with Crippen molar-refractivity contribution in [3.63, 3.8) is 0 Å². The van der Waals surface area contributed by atoms with E-state index in [1.807, 2.05) is 0 Å². The minimum atomic E-state index is -0.347. The molecule has 9 heteroatoms. The van der Waals surface area contributed by atoms with Crippen LogP contribution in [0.3, 0.4) is 0 Å². The van der Waals surface area contributed by atoms with Crippen molar-refractivity contribution in [3.8, 4) is 11.5 Å². The number of unbranched alkanes of at least 4 members (excludes halogenated alkanes) is 6. The standard InChI is InChI=1S/C28H42O9/c1-2-3-4-5-6-7-8-12-27(31)36-15-9-13-28(32)37-18-11-17-35-26-20-24(22-29)19-25(21-26)34-16-10-14-33-23-30/h19-23H,2-18H2,1H3. The average molecular weight is 523 g/mol. The summed E-state index contributed by atoms with van der Waals surface area (Å²) in [4.78, 5) is 44.9. The number of benzene rings is 1. The van der Waals surface area contributed by atoms with Crippen LogP contribution in [0.5, 0.6) is 11.5 Å². The second kappa shape index (κ2) is 22.1. The number of carbonyl (C=O) groups excluding carboxylic acids is 4. The van der Waals surface area contributed by atoms with E-state index in [1.165, 1.54) is 25.7 Å². The van der Waals surface area contributed by atoms with Gasteiger partial charge in [-0.05, 0) is 25.0 Å². The van der Waals surface area contributed by atoms with Crippen molar-refractivity contribution in [1.29, 1.82) is 0 Å². The molecule has 0 spiro atoms. The summed E-state index contributed by atoms with van der Waals surface area (Å²) in [5, 5.41) is 0. The van der Waals surface area contributed by atoms with Crippen LogP contribution in [0.25, 0.3) is 0 Å². The van der Waals surface area contributed by atoms with Crippen molar-refractivity contribution in [2.24, 2.45) is 0 Å². The van der Waals surface area contributed by atoms with E-state index in [4.69, 9.17) is 18.9 Å². The molecule has 0 saturated carbocycles. The van der Waals surface area contributed by atoms with Gasteiger partial charge >= 0.3 is 11.9 Å². The smallest absolute Gasteiger partial charge is 0.305 e. The molecule has 0 amide bonds. The molecule has 0 saturated heterocycles. The fraction of sp³-hybridized carbons (Fsp3) is 0.643. The van der Waals surface area contributed by atoms with Crippen molar-refractivity contribution >= 4 is 24.7 Å². The van der Waals surface area contributed by atoms with Crippen LogP contribution in [0.4, 0.5) is 0 Å². The normalized spacial score (nSPS) is 10.4. The van der Waals surface area contributed by atoms with Gasteiger partial charge in [-0.2, -0.15) is 0 Å². The maximum atomic E-state index is 11.8. The molecule has 1 aromatic carbocycles. The molecular weight excluding hydrogens is 480 g/mol. The number of hydrogen-bond acceptors (Lipinski definition) is 9. The van der Waals surface area contributed by atoms with Crippen LogP contribution in [0.2, 0.25) is 0 Å². The van der Waals surface area contributed by atoms with Gasteiger partial charge in [0, 0.05) is 37.3 Å². The predicted octanol–water partition coefficient (Wildman–Crippen LogP) is 5.22. The van der Waals surface area contributed by atoms with E-state index < -0.39 is 0 Å². The zero-order chi connectivity index (χ0) is 27.0. The summed E-state index contributed by atoms with van der Waals surface area (Å²) >= 11 is 0. The van der Waals surface area contributed by atoms with E-state index in [1.54, 1.807) is 18.2 Å². The van der Waals surface area contributed by atoms with Gasteiger partial charge in [0.25, 0.3) is 6.47 Å².